The molecule has 1 aliphatic carbocycles. The molecule has 0 aromatic carbocycles. The molecule has 1 aromatic heterocycles. The Balaban J connectivity index is 1.99. The van der Waals surface area contributed by atoms with E-state index in [2.05, 4.69) is 37.6 Å². The molecule has 0 bridgehead atoms. The van der Waals surface area contributed by atoms with E-state index in [1.54, 1.807) is 0 Å². The van der Waals surface area contributed by atoms with Gasteiger partial charge in [0.2, 0.25) is 0 Å². The predicted octanol–water partition coefficient (Wildman–Crippen LogP) is 2.56. The van der Waals surface area contributed by atoms with E-state index in [0.29, 0.717) is 0 Å². The van der Waals surface area contributed by atoms with E-state index >= 15 is 0 Å². The summed E-state index contributed by atoms with van der Waals surface area (Å²) < 4.78 is 1.02. The lowest BCUT2D eigenvalue weighted by molar-refractivity contribution is 0.326. The molecule has 0 atom stereocenters. The van der Waals surface area contributed by atoms with Crippen LogP contribution >= 0.6 is 15.9 Å². The Hall–Kier alpha value is -0.770. The summed E-state index contributed by atoms with van der Waals surface area (Å²) in [4.78, 5) is 4.32. The fourth-order valence-corrected chi connectivity index (χ4v) is 2.26. The third-order valence-corrected chi connectivity index (χ3v) is 3.23. The van der Waals surface area contributed by atoms with E-state index in [-0.39, 0.29) is 5.66 Å². The largest absolute Gasteiger partial charge is 0.360 e. The molecule has 2 heterocycles. The van der Waals surface area contributed by atoms with Gasteiger partial charge in [-0.2, -0.15) is 0 Å². The smallest absolute Gasteiger partial charge is 0.151 e. The Kier molecular flexibility index (Phi) is 1.39. The Morgan fingerprint density at radius 1 is 1.38 bits per heavy atom. The molecule has 3 rings (SSSR count). The van der Waals surface area contributed by atoms with E-state index in [0.717, 1.165) is 16.0 Å². The Morgan fingerprint density at radius 3 is 2.92 bits per heavy atom. The van der Waals surface area contributed by atoms with Crippen molar-refractivity contribution in [2.45, 2.75) is 24.9 Å². The summed E-state index contributed by atoms with van der Waals surface area (Å²) in [5.41, 5.74) is 1.25. The molecular formula is C9H10BrN3. The number of anilines is 2. The number of nitrogens with one attached hydrogen (secondary N) is 2. The fourth-order valence-electron chi connectivity index (χ4n) is 1.93. The van der Waals surface area contributed by atoms with Crippen molar-refractivity contribution in [1.82, 2.24) is 4.98 Å². The molecule has 2 aliphatic rings. The summed E-state index contributed by atoms with van der Waals surface area (Å²) in [6.07, 6.45) is 5.52. The maximum absolute atomic E-state index is 4.32. The zero-order valence-electron chi connectivity index (χ0n) is 7.10. The maximum Gasteiger partial charge on any atom is 0.151 e. The normalized spacial score (nSPS) is 21.6. The van der Waals surface area contributed by atoms with Gasteiger partial charge < -0.3 is 10.6 Å². The zero-order chi connectivity index (χ0) is 8.89. The highest BCUT2D eigenvalue weighted by atomic mass is 79.9. The van der Waals surface area contributed by atoms with Crippen molar-refractivity contribution < 1.29 is 0 Å². The van der Waals surface area contributed by atoms with Gasteiger partial charge in [-0.25, -0.2) is 4.98 Å². The minimum absolute atomic E-state index is 0.135. The van der Waals surface area contributed by atoms with Crippen LogP contribution in [0.4, 0.5) is 11.5 Å². The van der Waals surface area contributed by atoms with Crippen LogP contribution in [0, 0.1) is 0 Å². The number of hydrogen-bond donors (Lipinski definition) is 2. The van der Waals surface area contributed by atoms with Crippen LogP contribution in [0.25, 0.3) is 0 Å². The lowest BCUT2D eigenvalue weighted by Crippen LogP contribution is -2.48. The first-order chi connectivity index (χ1) is 6.27. The zero-order valence-corrected chi connectivity index (χ0v) is 8.69. The minimum atomic E-state index is 0.135. The molecule has 1 fully saturated rings. The van der Waals surface area contributed by atoms with Gasteiger partial charge >= 0.3 is 0 Å². The third-order valence-electron chi connectivity index (χ3n) is 2.79. The molecule has 1 spiro atoms. The average Bonchev–Trinajstić information content (AvgIpc) is 2.41. The monoisotopic (exact) mass is 239 g/mol. The van der Waals surface area contributed by atoms with E-state index < -0.39 is 0 Å². The van der Waals surface area contributed by atoms with Gasteiger partial charge in [0.15, 0.2) is 5.82 Å². The lowest BCUT2D eigenvalue weighted by Gasteiger charge is -2.38. The van der Waals surface area contributed by atoms with Gasteiger partial charge in [0.05, 0.1) is 5.69 Å². The van der Waals surface area contributed by atoms with Crippen LogP contribution in [0.5, 0.6) is 0 Å². The van der Waals surface area contributed by atoms with Crippen molar-refractivity contribution in [2.24, 2.45) is 0 Å². The maximum atomic E-state index is 4.32. The molecule has 1 aromatic rings. The van der Waals surface area contributed by atoms with Gasteiger partial charge in [-0.05, 0) is 41.3 Å². The highest BCUT2D eigenvalue weighted by Crippen LogP contribution is 2.43. The highest BCUT2D eigenvalue weighted by Gasteiger charge is 2.42. The van der Waals surface area contributed by atoms with Crippen LogP contribution in [0.2, 0.25) is 0 Å². The van der Waals surface area contributed by atoms with E-state index in [1.807, 2.05) is 6.20 Å². The standard InChI is InChI=1S/C9H10BrN3/c10-6-4-7-8(11-5-6)13-9(12-7)2-1-3-9/h4-5,12H,1-3H2,(H,11,13). The summed E-state index contributed by atoms with van der Waals surface area (Å²) in [6, 6.07) is 2.07. The van der Waals surface area contributed by atoms with Gasteiger partial charge in [0.1, 0.15) is 5.66 Å². The number of halogens is 1. The fraction of sp³-hybridized carbons (Fsp3) is 0.444. The number of hydrogen-bond acceptors (Lipinski definition) is 3. The number of aromatic nitrogens is 1. The van der Waals surface area contributed by atoms with E-state index in [9.17, 15) is 0 Å². The summed E-state index contributed by atoms with van der Waals surface area (Å²) in [5, 5.41) is 6.92. The number of nitrogens with zero attached hydrogens (tertiary/aromatic N) is 1. The van der Waals surface area contributed by atoms with Crippen LogP contribution in [0.1, 0.15) is 19.3 Å². The number of rotatable bonds is 0. The Labute approximate surface area is 85.1 Å². The molecule has 13 heavy (non-hydrogen) atoms. The minimum Gasteiger partial charge on any atom is -0.360 e. The van der Waals surface area contributed by atoms with Crippen molar-refractivity contribution in [3.05, 3.63) is 16.7 Å². The molecule has 68 valence electrons. The van der Waals surface area contributed by atoms with Crippen molar-refractivity contribution in [3.63, 3.8) is 0 Å². The molecule has 0 radical (unpaired) electrons. The van der Waals surface area contributed by atoms with Crippen LogP contribution in [0.3, 0.4) is 0 Å². The molecule has 2 N–H and O–H groups in total. The van der Waals surface area contributed by atoms with Crippen molar-refractivity contribution >= 4 is 27.4 Å². The average molecular weight is 240 g/mol. The lowest BCUT2D eigenvalue weighted by atomic mass is 9.86. The number of pyridine rings is 1. The second kappa shape index (κ2) is 2.38. The predicted molar refractivity (Wildman–Crippen MR) is 55.8 cm³/mol. The highest BCUT2D eigenvalue weighted by molar-refractivity contribution is 9.10. The first-order valence-corrected chi connectivity index (χ1v) is 5.29. The molecule has 1 saturated carbocycles. The first kappa shape index (κ1) is 7.62. The second-order valence-electron chi connectivity index (χ2n) is 3.74. The van der Waals surface area contributed by atoms with Crippen molar-refractivity contribution in [1.29, 1.82) is 0 Å². The number of fused-ring (bicyclic) bond motifs is 1. The van der Waals surface area contributed by atoms with E-state index in [4.69, 9.17) is 0 Å². The van der Waals surface area contributed by atoms with Crippen molar-refractivity contribution in [3.8, 4) is 0 Å². The third kappa shape index (κ3) is 1.05. The van der Waals surface area contributed by atoms with E-state index in [1.165, 1.54) is 19.3 Å². The van der Waals surface area contributed by atoms with Crippen LogP contribution in [0.15, 0.2) is 16.7 Å². The first-order valence-electron chi connectivity index (χ1n) is 4.49. The Morgan fingerprint density at radius 2 is 2.23 bits per heavy atom. The van der Waals surface area contributed by atoms with Gasteiger partial charge in [0, 0.05) is 10.7 Å². The van der Waals surface area contributed by atoms with Crippen LogP contribution < -0.4 is 10.6 Å². The second-order valence-corrected chi connectivity index (χ2v) is 4.65. The van der Waals surface area contributed by atoms with Gasteiger partial charge in [-0.1, -0.05) is 0 Å². The summed E-state index contributed by atoms with van der Waals surface area (Å²) in [7, 11) is 0. The molecule has 4 heteroatoms. The molecular weight excluding hydrogens is 230 g/mol. The summed E-state index contributed by atoms with van der Waals surface area (Å²) in [5.74, 6) is 0.989. The summed E-state index contributed by atoms with van der Waals surface area (Å²) in [6.45, 7) is 0. The molecule has 0 saturated heterocycles. The topological polar surface area (TPSA) is 37.0 Å². The molecule has 3 nitrogen and oxygen atoms in total. The van der Waals surface area contributed by atoms with Crippen LogP contribution in [-0.2, 0) is 0 Å². The van der Waals surface area contributed by atoms with Gasteiger partial charge in [-0.3, -0.25) is 0 Å². The Bertz CT molecular complexity index is 360. The van der Waals surface area contributed by atoms with Crippen LogP contribution in [-0.4, -0.2) is 10.6 Å². The van der Waals surface area contributed by atoms with Gasteiger partial charge in [-0.15, -0.1) is 0 Å². The quantitative estimate of drug-likeness (QED) is 0.731. The van der Waals surface area contributed by atoms with Gasteiger partial charge in [0.25, 0.3) is 0 Å². The van der Waals surface area contributed by atoms with Crippen molar-refractivity contribution in [2.75, 3.05) is 10.6 Å². The molecule has 0 unspecified atom stereocenters. The molecule has 0 amide bonds. The SMILES string of the molecule is Brc1cnc2c(c1)NC1(CCC1)N2. The molecule has 1 aliphatic heterocycles. The summed E-state index contributed by atoms with van der Waals surface area (Å²) >= 11 is 3.41.